The second-order valence-electron chi connectivity index (χ2n) is 4.49. The first-order chi connectivity index (χ1) is 8.62. The van der Waals surface area contributed by atoms with Crippen molar-refractivity contribution in [3.05, 3.63) is 28.7 Å². The van der Waals surface area contributed by atoms with Gasteiger partial charge >= 0.3 is 5.97 Å². The number of rotatable bonds is 3. The van der Waals surface area contributed by atoms with E-state index in [1.54, 1.807) is 0 Å². The van der Waals surface area contributed by atoms with Gasteiger partial charge < -0.3 is 15.2 Å². The third-order valence-electron chi connectivity index (χ3n) is 3.20. The second kappa shape index (κ2) is 5.71. The minimum absolute atomic E-state index is 0.482. The van der Waals surface area contributed by atoms with Crippen LogP contribution in [0.4, 0.5) is 5.69 Å². The lowest BCUT2D eigenvalue weighted by atomic mass is 9.90. The van der Waals surface area contributed by atoms with Crippen molar-refractivity contribution in [3.8, 4) is 0 Å². The number of hydrogen-bond acceptors (Lipinski definition) is 3. The summed E-state index contributed by atoms with van der Waals surface area (Å²) in [5.74, 6) is -0.809. The molecule has 0 radical (unpaired) electrons. The number of nitrogens with one attached hydrogen (secondary N) is 1. The van der Waals surface area contributed by atoms with E-state index < -0.39 is 11.5 Å². The molecule has 0 amide bonds. The van der Waals surface area contributed by atoms with Crippen LogP contribution in [0.1, 0.15) is 19.3 Å². The number of ether oxygens (including phenoxy) is 1. The van der Waals surface area contributed by atoms with Crippen LogP contribution in [0, 0.1) is 0 Å². The number of hydrogen-bond donors (Lipinski definition) is 2. The zero-order valence-electron chi connectivity index (χ0n) is 9.99. The standard InChI is InChI=1S/C13H16BrNO3/c14-10-2-4-11(5-3-10)15-13(12(16)17)6-1-8-18-9-7-13/h2-5,15H,1,6-9H2,(H,16,17). The van der Waals surface area contributed by atoms with E-state index in [2.05, 4.69) is 21.2 Å². The molecule has 5 heteroatoms. The second-order valence-corrected chi connectivity index (χ2v) is 5.40. The lowest BCUT2D eigenvalue weighted by Gasteiger charge is -2.30. The summed E-state index contributed by atoms with van der Waals surface area (Å²) in [6.45, 7) is 1.12. The predicted molar refractivity (Wildman–Crippen MR) is 72.8 cm³/mol. The van der Waals surface area contributed by atoms with Gasteiger partial charge in [-0.25, -0.2) is 4.79 Å². The highest BCUT2D eigenvalue weighted by Gasteiger charge is 2.38. The Morgan fingerprint density at radius 2 is 2.00 bits per heavy atom. The fourth-order valence-electron chi connectivity index (χ4n) is 2.15. The molecule has 0 saturated carbocycles. The monoisotopic (exact) mass is 313 g/mol. The Morgan fingerprint density at radius 3 is 2.67 bits per heavy atom. The maximum atomic E-state index is 11.6. The number of carboxylic acids is 1. The summed E-state index contributed by atoms with van der Waals surface area (Å²) in [6, 6.07) is 7.54. The average Bonchev–Trinajstić information content (AvgIpc) is 2.59. The lowest BCUT2D eigenvalue weighted by Crippen LogP contribution is -2.46. The van der Waals surface area contributed by atoms with Gasteiger partial charge in [0, 0.05) is 29.8 Å². The number of carboxylic acid groups (broad SMARTS) is 1. The van der Waals surface area contributed by atoms with E-state index in [4.69, 9.17) is 4.74 Å². The quantitative estimate of drug-likeness (QED) is 0.901. The molecule has 1 saturated heterocycles. The zero-order chi connectivity index (χ0) is 13.0. The number of anilines is 1. The molecule has 2 rings (SSSR count). The first-order valence-corrected chi connectivity index (χ1v) is 6.77. The molecule has 1 heterocycles. The van der Waals surface area contributed by atoms with E-state index in [-0.39, 0.29) is 0 Å². The molecule has 0 aromatic heterocycles. The number of benzene rings is 1. The summed E-state index contributed by atoms with van der Waals surface area (Å²) in [7, 11) is 0. The molecule has 18 heavy (non-hydrogen) atoms. The highest BCUT2D eigenvalue weighted by Crippen LogP contribution is 2.27. The van der Waals surface area contributed by atoms with Gasteiger partial charge in [0.2, 0.25) is 0 Å². The number of carbonyl (C=O) groups is 1. The van der Waals surface area contributed by atoms with Crippen molar-refractivity contribution in [3.63, 3.8) is 0 Å². The van der Waals surface area contributed by atoms with Gasteiger partial charge in [-0.2, -0.15) is 0 Å². The number of aliphatic carboxylic acids is 1. The van der Waals surface area contributed by atoms with Crippen LogP contribution in [-0.2, 0) is 9.53 Å². The van der Waals surface area contributed by atoms with E-state index in [9.17, 15) is 9.90 Å². The van der Waals surface area contributed by atoms with Crippen molar-refractivity contribution in [2.45, 2.75) is 24.8 Å². The maximum Gasteiger partial charge on any atom is 0.329 e. The summed E-state index contributed by atoms with van der Waals surface area (Å²) in [5, 5.41) is 12.7. The smallest absolute Gasteiger partial charge is 0.329 e. The van der Waals surface area contributed by atoms with Crippen molar-refractivity contribution < 1.29 is 14.6 Å². The maximum absolute atomic E-state index is 11.6. The molecule has 1 aliphatic rings. The average molecular weight is 314 g/mol. The molecule has 98 valence electrons. The van der Waals surface area contributed by atoms with Crippen molar-refractivity contribution in [1.82, 2.24) is 0 Å². The largest absolute Gasteiger partial charge is 0.480 e. The fraction of sp³-hybridized carbons (Fsp3) is 0.462. The predicted octanol–water partition coefficient (Wildman–Crippen LogP) is 2.88. The Balaban J connectivity index is 2.19. The van der Waals surface area contributed by atoms with Gasteiger partial charge in [0.25, 0.3) is 0 Å². The van der Waals surface area contributed by atoms with Crippen molar-refractivity contribution >= 4 is 27.6 Å². The highest BCUT2D eigenvalue weighted by atomic mass is 79.9. The molecule has 0 spiro atoms. The summed E-state index contributed by atoms with van der Waals surface area (Å²) in [6.07, 6.45) is 1.83. The summed E-state index contributed by atoms with van der Waals surface area (Å²) < 4.78 is 6.32. The highest BCUT2D eigenvalue weighted by molar-refractivity contribution is 9.10. The van der Waals surface area contributed by atoms with Gasteiger partial charge in [-0.05, 0) is 37.1 Å². The van der Waals surface area contributed by atoms with Gasteiger partial charge in [0.15, 0.2) is 0 Å². The normalized spacial score (nSPS) is 24.3. The minimum atomic E-state index is -0.912. The molecule has 1 unspecified atom stereocenters. The van der Waals surface area contributed by atoms with E-state index in [1.165, 1.54) is 0 Å². The Labute approximate surface area is 114 Å². The van der Waals surface area contributed by atoms with Crippen LogP contribution >= 0.6 is 15.9 Å². The summed E-state index contributed by atoms with van der Waals surface area (Å²) in [5.41, 5.74) is -0.0906. The first kappa shape index (κ1) is 13.4. The van der Waals surface area contributed by atoms with Gasteiger partial charge in [0.05, 0.1) is 0 Å². The summed E-state index contributed by atoms with van der Waals surface area (Å²) in [4.78, 5) is 11.6. The van der Waals surface area contributed by atoms with Crippen molar-refractivity contribution in [1.29, 1.82) is 0 Å². The van der Waals surface area contributed by atoms with Crippen LogP contribution < -0.4 is 5.32 Å². The van der Waals surface area contributed by atoms with Gasteiger partial charge in [-0.15, -0.1) is 0 Å². The molecule has 1 atom stereocenters. The Hall–Kier alpha value is -1.07. The third kappa shape index (κ3) is 3.03. The lowest BCUT2D eigenvalue weighted by molar-refractivity contribution is -0.142. The molecular formula is C13H16BrNO3. The first-order valence-electron chi connectivity index (χ1n) is 5.97. The molecule has 1 aliphatic heterocycles. The van der Waals surface area contributed by atoms with E-state index in [0.717, 1.165) is 16.6 Å². The molecule has 1 aromatic rings. The van der Waals surface area contributed by atoms with Gasteiger partial charge in [-0.3, -0.25) is 0 Å². The number of halogens is 1. The molecule has 4 nitrogen and oxygen atoms in total. The third-order valence-corrected chi connectivity index (χ3v) is 3.73. The molecule has 1 aromatic carbocycles. The van der Waals surface area contributed by atoms with Crippen LogP contribution in [0.15, 0.2) is 28.7 Å². The van der Waals surface area contributed by atoms with E-state index in [1.807, 2.05) is 24.3 Å². The minimum Gasteiger partial charge on any atom is -0.480 e. The Kier molecular flexibility index (Phi) is 4.24. The van der Waals surface area contributed by atoms with Crippen LogP contribution in [0.5, 0.6) is 0 Å². The van der Waals surface area contributed by atoms with Gasteiger partial charge in [-0.1, -0.05) is 15.9 Å². The van der Waals surface area contributed by atoms with Gasteiger partial charge in [0.1, 0.15) is 5.54 Å². The topological polar surface area (TPSA) is 58.6 Å². The van der Waals surface area contributed by atoms with Crippen LogP contribution in [0.25, 0.3) is 0 Å². The van der Waals surface area contributed by atoms with E-state index >= 15 is 0 Å². The van der Waals surface area contributed by atoms with Crippen LogP contribution in [0.2, 0.25) is 0 Å². The van der Waals surface area contributed by atoms with Crippen molar-refractivity contribution in [2.24, 2.45) is 0 Å². The van der Waals surface area contributed by atoms with Crippen molar-refractivity contribution in [2.75, 3.05) is 18.5 Å². The van der Waals surface area contributed by atoms with Crippen LogP contribution in [0.3, 0.4) is 0 Å². The zero-order valence-corrected chi connectivity index (χ0v) is 11.6. The molecular weight excluding hydrogens is 298 g/mol. The molecule has 2 N–H and O–H groups in total. The van der Waals surface area contributed by atoms with Crippen LogP contribution in [-0.4, -0.2) is 29.8 Å². The molecule has 1 fully saturated rings. The Morgan fingerprint density at radius 1 is 1.28 bits per heavy atom. The fourth-order valence-corrected chi connectivity index (χ4v) is 2.42. The molecule has 0 aliphatic carbocycles. The summed E-state index contributed by atoms with van der Waals surface area (Å²) >= 11 is 3.36. The van der Waals surface area contributed by atoms with E-state index in [0.29, 0.717) is 26.1 Å². The Bertz CT molecular complexity index is 411. The SMILES string of the molecule is O=C(O)C1(Nc2ccc(Br)cc2)CCCOCC1. The molecule has 0 bridgehead atoms.